The van der Waals surface area contributed by atoms with Gasteiger partial charge in [0, 0.05) is 18.0 Å². The predicted octanol–water partition coefficient (Wildman–Crippen LogP) is 5.58. The normalized spacial score (nSPS) is 10.7. The maximum Gasteiger partial charge on any atom is 0.340 e. The van der Waals surface area contributed by atoms with Crippen LogP contribution in [-0.2, 0) is 11.3 Å². The Morgan fingerprint density at radius 2 is 1.83 bits per heavy atom. The number of thiophene rings is 1. The van der Waals surface area contributed by atoms with Crippen LogP contribution in [0.4, 0.5) is 5.69 Å². The van der Waals surface area contributed by atoms with E-state index in [9.17, 15) is 9.59 Å². The molecule has 0 aliphatic carbocycles. The van der Waals surface area contributed by atoms with E-state index in [0.29, 0.717) is 26.8 Å². The van der Waals surface area contributed by atoms with E-state index in [4.69, 9.17) is 16.3 Å². The third-order valence-corrected chi connectivity index (χ3v) is 5.82. The van der Waals surface area contributed by atoms with Gasteiger partial charge in [-0.2, -0.15) is 0 Å². The number of benzene rings is 2. The Morgan fingerprint density at radius 3 is 2.63 bits per heavy atom. The van der Waals surface area contributed by atoms with Gasteiger partial charge in [-0.05, 0) is 35.7 Å². The van der Waals surface area contributed by atoms with E-state index in [1.807, 2.05) is 41.8 Å². The number of halogens is 1. The molecule has 0 unspecified atom stereocenters. The van der Waals surface area contributed by atoms with E-state index in [-0.39, 0.29) is 12.5 Å². The van der Waals surface area contributed by atoms with Gasteiger partial charge in [-0.3, -0.25) is 4.79 Å². The van der Waals surface area contributed by atoms with Crippen LogP contribution in [0.1, 0.15) is 25.6 Å². The number of amides is 1. The lowest BCUT2D eigenvalue weighted by Crippen LogP contribution is -2.27. The third kappa shape index (κ3) is 4.06. The van der Waals surface area contributed by atoms with Crippen LogP contribution in [0.25, 0.3) is 10.9 Å². The minimum atomic E-state index is -0.541. The second kappa shape index (κ2) is 8.65. The molecule has 30 heavy (non-hydrogen) atoms. The topological polar surface area (TPSA) is 59.5 Å². The quantitative estimate of drug-likeness (QED) is 0.302. The molecule has 150 valence electrons. The second-order valence-corrected chi connectivity index (χ2v) is 7.87. The number of carbonyl (C=O) groups is 2. The van der Waals surface area contributed by atoms with Gasteiger partial charge < -0.3 is 9.64 Å². The molecule has 2 aromatic heterocycles. The fourth-order valence-corrected chi connectivity index (χ4v) is 3.97. The standard InChI is InChI=1S/C23H17ClN2O3S/c1-26(22(27)20-11-6-12-30-20)19-10-5-3-8-17(19)23(28)29-14-16-13-15-7-2-4-9-18(15)25-21(16)24/h2-13H,14H2,1H3. The molecule has 4 rings (SSSR count). The van der Waals surface area contributed by atoms with Gasteiger partial charge in [0.2, 0.25) is 0 Å². The van der Waals surface area contributed by atoms with Gasteiger partial charge in [0.25, 0.3) is 5.91 Å². The lowest BCUT2D eigenvalue weighted by Gasteiger charge is -2.19. The maximum absolute atomic E-state index is 12.8. The van der Waals surface area contributed by atoms with Gasteiger partial charge in [-0.15, -0.1) is 11.3 Å². The average Bonchev–Trinajstić information content (AvgIpc) is 3.31. The van der Waals surface area contributed by atoms with Crippen LogP contribution in [0, 0.1) is 0 Å². The van der Waals surface area contributed by atoms with Gasteiger partial charge in [-0.1, -0.05) is 48.0 Å². The lowest BCUT2D eigenvalue weighted by atomic mass is 10.1. The van der Waals surface area contributed by atoms with Crippen LogP contribution in [-0.4, -0.2) is 23.9 Å². The minimum Gasteiger partial charge on any atom is -0.457 e. The summed E-state index contributed by atoms with van der Waals surface area (Å²) < 4.78 is 5.51. The molecule has 0 spiro atoms. The molecule has 2 aromatic carbocycles. The molecule has 5 nitrogen and oxygen atoms in total. The Kier molecular flexibility index (Phi) is 5.79. The smallest absolute Gasteiger partial charge is 0.340 e. The molecule has 0 bridgehead atoms. The number of esters is 1. The fraction of sp³-hybridized carbons (Fsp3) is 0.0870. The zero-order valence-corrected chi connectivity index (χ0v) is 17.6. The summed E-state index contributed by atoms with van der Waals surface area (Å²) in [5.41, 5.74) is 2.17. The highest BCUT2D eigenvalue weighted by Crippen LogP contribution is 2.25. The number of hydrogen-bond donors (Lipinski definition) is 0. The van der Waals surface area contributed by atoms with Crippen molar-refractivity contribution in [2.24, 2.45) is 0 Å². The van der Waals surface area contributed by atoms with Crippen molar-refractivity contribution in [2.45, 2.75) is 6.61 Å². The lowest BCUT2D eigenvalue weighted by molar-refractivity contribution is 0.0473. The molecule has 0 saturated carbocycles. The molecule has 2 heterocycles. The Hall–Kier alpha value is -3.22. The van der Waals surface area contributed by atoms with E-state index in [0.717, 1.165) is 10.9 Å². The first-order valence-electron chi connectivity index (χ1n) is 9.16. The number of rotatable bonds is 5. The molecule has 0 fully saturated rings. The van der Waals surface area contributed by atoms with Crippen molar-refractivity contribution in [3.8, 4) is 0 Å². The highest BCUT2D eigenvalue weighted by Gasteiger charge is 2.21. The van der Waals surface area contributed by atoms with Crippen molar-refractivity contribution in [3.63, 3.8) is 0 Å². The molecule has 7 heteroatoms. The van der Waals surface area contributed by atoms with Crippen LogP contribution in [0.15, 0.2) is 72.1 Å². The first-order valence-corrected chi connectivity index (χ1v) is 10.4. The van der Waals surface area contributed by atoms with Crippen molar-refractivity contribution in [1.29, 1.82) is 0 Å². The number of para-hydroxylation sites is 2. The maximum atomic E-state index is 12.8. The largest absolute Gasteiger partial charge is 0.457 e. The summed E-state index contributed by atoms with van der Waals surface area (Å²) >= 11 is 7.61. The Bertz CT molecular complexity index is 1220. The first-order chi connectivity index (χ1) is 14.5. The molecule has 0 radical (unpaired) electrons. The summed E-state index contributed by atoms with van der Waals surface area (Å²) in [6, 6.07) is 19.9. The molecule has 0 atom stereocenters. The van der Waals surface area contributed by atoms with Gasteiger partial charge in [0.05, 0.1) is 21.6 Å². The number of anilines is 1. The van der Waals surface area contributed by atoms with Crippen molar-refractivity contribution in [2.75, 3.05) is 11.9 Å². The molecule has 0 N–H and O–H groups in total. The molecular formula is C23H17ClN2O3S. The highest BCUT2D eigenvalue weighted by molar-refractivity contribution is 7.12. The predicted molar refractivity (Wildman–Crippen MR) is 119 cm³/mol. The molecule has 0 saturated heterocycles. The van der Waals surface area contributed by atoms with Crippen LogP contribution < -0.4 is 4.90 Å². The molecule has 0 aliphatic rings. The van der Waals surface area contributed by atoms with Gasteiger partial charge in [-0.25, -0.2) is 9.78 Å². The summed E-state index contributed by atoms with van der Waals surface area (Å²) in [4.78, 5) is 31.9. The summed E-state index contributed by atoms with van der Waals surface area (Å²) in [5.74, 6) is -0.729. The van der Waals surface area contributed by atoms with Crippen molar-refractivity contribution < 1.29 is 14.3 Å². The van der Waals surface area contributed by atoms with Crippen LogP contribution in [0.2, 0.25) is 5.15 Å². The van der Waals surface area contributed by atoms with Crippen molar-refractivity contribution in [3.05, 3.63) is 93.3 Å². The number of fused-ring (bicyclic) bond motifs is 1. The van der Waals surface area contributed by atoms with Gasteiger partial charge in [0.1, 0.15) is 11.8 Å². The van der Waals surface area contributed by atoms with Crippen LogP contribution in [0.3, 0.4) is 0 Å². The van der Waals surface area contributed by atoms with E-state index in [2.05, 4.69) is 4.98 Å². The van der Waals surface area contributed by atoms with Crippen LogP contribution in [0.5, 0.6) is 0 Å². The number of nitrogens with zero attached hydrogens (tertiary/aromatic N) is 2. The van der Waals surface area contributed by atoms with Crippen molar-refractivity contribution >= 4 is 51.4 Å². The first kappa shape index (κ1) is 20.1. The van der Waals surface area contributed by atoms with E-state index >= 15 is 0 Å². The van der Waals surface area contributed by atoms with E-state index in [1.165, 1.54) is 16.2 Å². The zero-order chi connectivity index (χ0) is 21.1. The Labute approximate surface area is 182 Å². The summed E-state index contributed by atoms with van der Waals surface area (Å²) in [5, 5.41) is 3.04. The number of ether oxygens (including phenoxy) is 1. The number of carbonyl (C=O) groups excluding carboxylic acids is 2. The second-order valence-electron chi connectivity index (χ2n) is 6.57. The SMILES string of the molecule is CN(C(=O)c1cccs1)c1ccccc1C(=O)OCc1cc2ccccc2nc1Cl. The van der Waals surface area contributed by atoms with Gasteiger partial charge in [0.15, 0.2) is 0 Å². The van der Waals surface area contributed by atoms with E-state index in [1.54, 1.807) is 37.4 Å². The zero-order valence-electron chi connectivity index (χ0n) is 16.0. The number of hydrogen-bond acceptors (Lipinski definition) is 5. The Balaban J connectivity index is 1.55. The fourth-order valence-electron chi connectivity index (χ4n) is 3.07. The molecule has 4 aromatic rings. The van der Waals surface area contributed by atoms with E-state index < -0.39 is 5.97 Å². The Morgan fingerprint density at radius 1 is 1.07 bits per heavy atom. The number of pyridine rings is 1. The third-order valence-electron chi connectivity index (χ3n) is 4.63. The molecule has 1 amide bonds. The minimum absolute atomic E-state index is 0.0214. The van der Waals surface area contributed by atoms with Crippen molar-refractivity contribution in [1.82, 2.24) is 4.98 Å². The van der Waals surface area contributed by atoms with Crippen LogP contribution >= 0.6 is 22.9 Å². The van der Waals surface area contributed by atoms with Gasteiger partial charge >= 0.3 is 5.97 Å². The summed E-state index contributed by atoms with van der Waals surface area (Å²) in [6.07, 6.45) is 0. The monoisotopic (exact) mass is 436 g/mol. The molecular weight excluding hydrogens is 420 g/mol. The summed E-state index contributed by atoms with van der Waals surface area (Å²) in [7, 11) is 1.64. The summed E-state index contributed by atoms with van der Waals surface area (Å²) in [6.45, 7) is -0.0214. The number of aromatic nitrogens is 1. The average molecular weight is 437 g/mol. The highest BCUT2D eigenvalue weighted by atomic mass is 35.5. The molecule has 0 aliphatic heterocycles.